The summed E-state index contributed by atoms with van der Waals surface area (Å²) in [6.45, 7) is 5.73. The number of benzene rings is 1. The minimum absolute atomic E-state index is 0.0122. The highest BCUT2D eigenvalue weighted by Crippen LogP contribution is 2.26. The van der Waals surface area contributed by atoms with Crippen LogP contribution in [-0.2, 0) is 10.3 Å². The maximum absolute atomic E-state index is 13.4. The van der Waals surface area contributed by atoms with Crippen LogP contribution in [0, 0.1) is 0 Å². The van der Waals surface area contributed by atoms with Crippen LogP contribution in [0.25, 0.3) is 16.9 Å². The van der Waals surface area contributed by atoms with Crippen LogP contribution < -0.4 is 5.56 Å². The zero-order chi connectivity index (χ0) is 23.1. The van der Waals surface area contributed by atoms with E-state index in [1.54, 1.807) is 27.7 Å². The average Bonchev–Trinajstić information content (AvgIpc) is 2.65. The second-order valence-corrected chi connectivity index (χ2v) is 5.51. The molecule has 0 spiro atoms. The molecule has 0 N–H and O–H groups in total. The van der Waals surface area contributed by atoms with Crippen LogP contribution in [-0.4, -0.2) is 16.4 Å². The monoisotopic (exact) mass is 306 g/mol. The third kappa shape index (κ3) is 3.11. The molecule has 2 rings (SSSR count). The van der Waals surface area contributed by atoms with Crippen LogP contribution in [0.5, 0.6) is 0 Å². The number of ether oxygens (including phenoxy) is 1. The number of aromatic nitrogens is 2. The van der Waals surface area contributed by atoms with Crippen LogP contribution in [0.1, 0.15) is 44.2 Å². The predicted octanol–water partition coefficient (Wildman–Crippen LogP) is 3.67. The number of nitrogens with zero attached hydrogens (tertiary/aromatic N) is 2. The lowest BCUT2D eigenvalue weighted by atomic mass is 10.0. The van der Waals surface area contributed by atoms with Crippen molar-refractivity contribution in [3.8, 4) is 11.1 Å². The largest absolute Gasteiger partial charge is 0.494 e. The Morgan fingerprint density at radius 2 is 2.09 bits per heavy atom. The lowest BCUT2D eigenvalue weighted by Gasteiger charge is -2.22. The fourth-order valence-corrected chi connectivity index (χ4v) is 1.86. The molecule has 1 aromatic carbocycles. The maximum Gasteiger partial charge on any atom is 0.275 e. The fourth-order valence-electron chi connectivity index (χ4n) is 1.86. The molecule has 0 saturated carbocycles. The molecule has 0 radical (unpaired) electrons. The Morgan fingerprint density at radius 3 is 2.64 bits per heavy atom. The SMILES string of the molecule is [2H]C([2H])=C(OCC)c1c([2H])nn(C(C)(C)C)c(=O)c1-c1c([2H])c([2H])c([2H])c([2H])c1[2H]. The van der Waals surface area contributed by atoms with Crippen molar-refractivity contribution < 1.29 is 15.7 Å². The standard InChI is InChI=1S/C18H22N2O2/c1-6-22-13(2)15-12-19-20(18(3,4)5)17(21)16(15)14-10-8-7-9-11-14/h7-12H,2,6H2,1,3-5H3/i2D2,7D,8D,9D,10D,11D,12D. The Hall–Kier alpha value is -2.36. The van der Waals surface area contributed by atoms with E-state index in [2.05, 4.69) is 5.10 Å². The van der Waals surface area contributed by atoms with Gasteiger partial charge in [-0.3, -0.25) is 4.79 Å². The summed E-state index contributed by atoms with van der Waals surface area (Å²) in [4.78, 5) is 13.4. The minimum Gasteiger partial charge on any atom is -0.494 e. The maximum atomic E-state index is 13.4. The summed E-state index contributed by atoms with van der Waals surface area (Å²) in [5, 5.41) is 3.97. The first-order valence-corrected chi connectivity index (χ1v) is 6.77. The molecule has 0 amide bonds. The molecule has 0 fully saturated rings. The summed E-state index contributed by atoms with van der Waals surface area (Å²) in [7, 11) is 0. The van der Waals surface area contributed by atoms with E-state index < -0.39 is 70.9 Å². The van der Waals surface area contributed by atoms with Gasteiger partial charge in [-0.05, 0) is 33.3 Å². The first-order valence-electron chi connectivity index (χ1n) is 10.8. The number of rotatable bonds is 4. The van der Waals surface area contributed by atoms with Crippen molar-refractivity contribution in [1.29, 1.82) is 0 Å². The van der Waals surface area contributed by atoms with Crippen molar-refractivity contribution in [1.82, 2.24) is 9.78 Å². The molecule has 4 nitrogen and oxygen atoms in total. The quantitative estimate of drug-likeness (QED) is 0.810. The summed E-state index contributed by atoms with van der Waals surface area (Å²) in [6.07, 6.45) is -0.521. The highest BCUT2D eigenvalue weighted by Gasteiger charge is 2.22. The van der Waals surface area contributed by atoms with Crippen LogP contribution in [0.3, 0.4) is 0 Å². The molecular weight excluding hydrogens is 276 g/mol. The van der Waals surface area contributed by atoms with E-state index in [0.29, 0.717) is 0 Å². The molecule has 2 aromatic rings. The van der Waals surface area contributed by atoms with E-state index >= 15 is 0 Å². The molecule has 0 aliphatic carbocycles. The van der Waals surface area contributed by atoms with Gasteiger partial charge < -0.3 is 4.74 Å². The molecule has 116 valence electrons. The van der Waals surface area contributed by atoms with Gasteiger partial charge in [0.1, 0.15) is 5.76 Å². The number of hydrogen-bond acceptors (Lipinski definition) is 3. The van der Waals surface area contributed by atoms with Crippen LogP contribution in [0.4, 0.5) is 0 Å². The lowest BCUT2D eigenvalue weighted by molar-refractivity contribution is 0.297. The van der Waals surface area contributed by atoms with Gasteiger partial charge in [-0.1, -0.05) is 36.7 Å². The van der Waals surface area contributed by atoms with Gasteiger partial charge in [0.15, 0.2) is 0 Å². The van der Waals surface area contributed by atoms with Gasteiger partial charge >= 0.3 is 0 Å². The zero-order valence-electron chi connectivity index (χ0n) is 20.9. The predicted molar refractivity (Wildman–Crippen MR) is 89.6 cm³/mol. The van der Waals surface area contributed by atoms with E-state index in [-0.39, 0.29) is 12.2 Å². The first-order chi connectivity index (χ1) is 13.8. The van der Waals surface area contributed by atoms with Crippen molar-refractivity contribution in [3.05, 3.63) is 58.8 Å². The molecule has 0 unspecified atom stereocenters. The van der Waals surface area contributed by atoms with E-state index in [1.807, 2.05) is 0 Å². The van der Waals surface area contributed by atoms with Gasteiger partial charge in [0, 0.05) is 5.56 Å². The van der Waals surface area contributed by atoms with E-state index in [1.165, 1.54) is 0 Å². The van der Waals surface area contributed by atoms with Gasteiger partial charge in [-0.15, -0.1) is 0 Å². The summed E-state index contributed by atoms with van der Waals surface area (Å²) in [6, 6.07) is -3.22. The van der Waals surface area contributed by atoms with E-state index in [4.69, 9.17) is 15.7 Å². The molecular formula is C18H22N2O2. The minimum atomic E-state index is -0.895. The molecule has 0 aliphatic heterocycles. The summed E-state index contributed by atoms with van der Waals surface area (Å²) >= 11 is 0. The van der Waals surface area contributed by atoms with Crippen molar-refractivity contribution in [2.24, 2.45) is 0 Å². The Morgan fingerprint density at radius 1 is 1.41 bits per heavy atom. The molecule has 0 bridgehead atoms. The van der Waals surface area contributed by atoms with Gasteiger partial charge in [0.05, 0.1) is 34.8 Å². The highest BCUT2D eigenvalue weighted by molar-refractivity contribution is 5.76. The van der Waals surface area contributed by atoms with E-state index in [9.17, 15) is 4.79 Å². The topological polar surface area (TPSA) is 44.1 Å². The van der Waals surface area contributed by atoms with Crippen molar-refractivity contribution in [2.45, 2.75) is 33.2 Å². The van der Waals surface area contributed by atoms with Crippen molar-refractivity contribution in [2.75, 3.05) is 6.61 Å². The second-order valence-electron chi connectivity index (χ2n) is 5.51. The first kappa shape index (κ1) is 8.32. The summed E-state index contributed by atoms with van der Waals surface area (Å²) in [5.74, 6) is -0.435. The Kier molecular flexibility index (Phi) is 2.34. The molecule has 1 aromatic heterocycles. The zero-order valence-corrected chi connectivity index (χ0v) is 12.9. The molecule has 1 heterocycles. The van der Waals surface area contributed by atoms with Gasteiger partial charge in [0.2, 0.25) is 0 Å². The van der Waals surface area contributed by atoms with E-state index in [0.717, 1.165) is 4.68 Å². The van der Waals surface area contributed by atoms with Gasteiger partial charge in [-0.2, -0.15) is 5.10 Å². The smallest absolute Gasteiger partial charge is 0.275 e. The summed E-state index contributed by atoms with van der Waals surface area (Å²) in [5.41, 5.74) is -2.95. The van der Waals surface area contributed by atoms with Crippen LogP contribution in [0.2, 0.25) is 0 Å². The number of hydrogen-bond donors (Lipinski definition) is 0. The molecule has 0 saturated heterocycles. The fraction of sp³-hybridized carbons (Fsp3) is 0.333. The molecule has 4 heteroatoms. The molecule has 0 aliphatic rings. The third-order valence-electron chi connectivity index (χ3n) is 2.82. The Labute approximate surface area is 142 Å². The van der Waals surface area contributed by atoms with Crippen LogP contribution in [0.15, 0.2) is 47.7 Å². The second kappa shape index (κ2) is 6.18. The molecule has 0 atom stereocenters. The average molecular weight is 306 g/mol. The van der Waals surface area contributed by atoms with Crippen LogP contribution >= 0.6 is 0 Å². The van der Waals surface area contributed by atoms with Crippen molar-refractivity contribution in [3.63, 3.8) is 0 Å². The normalized spacial score (nSPS) is 16.2. The Balaban J connectivity index is 3.22. The highest BCUT2D eigenvalue weighted by atomic mass is 16.5. The lowest BCUT2D eigenvalue weighted by Crippen LogP contribution is -2.37. The van der Waals surface area contributed by atoms with Gasteiger partial charge in [-0.25, -0.2) is 4.68 Å². The Bertz CT molecular complexity index is 1070. The van der Waals surface area contributed by atoms with Gasteiger partial charge in [0.25, 0.3) is 5.56 Å². The molecule has 22 heavy (non-hydrogen) atoms. The van der Waals surface area contributed by atoms with Crippen molar-refractivity contribution >= 4 is 5.76 Å². The third-order valence-corrected chi connectivity index (χ3v) is 2.82. The summed E-state index contributed by atoms with van der Waals surface area (Å²) < 4.78 is 70.3.